The zero-order valence-corrected chi connectivity index (χ0v) is 12.1. The maximum Gasteiger partial charge on any atom is 0.0845 e. The monoisotopic (exact) mass is 305 g/mol. The zero-order chi connectivity index (χ0) is 13.1. The number of aliphatic hydroxyl groups excluding tert-OH is 1. The number of hydrogen-bond acceptors (Lipinski definition) is 2. The van der Waals surface area contributed by atoms with Crippen LogP contribution in [-0.4, -0.2) is 10.1 Å². The smallest absolute Gasteiger partial charge is 0.0845 e. The first-order valence-corrected chi connectivity index (χ1v) is 6.71. The summed E-state index contributed by atoms with van der Waals surface area (Å²) in [6, 6.07) is 8.11. The van der Waals surface area contributed by atoms with Crippen LogP contribution >= 0.6 is 15.9 Å². The second-order valence-electron chi connectivity index (χ2n) is 4.53. The number of nitrogens with zero attached hydrogens (tertiary/aromatic N) is 1. The van der Waals surface area contributed by atoms with Crippen molar-refractivity contribution in [1.29, 1.82) is 0 Å². The van der Waals surface area contributed by atoms with E-state index in [0.717, 1.165) is 10.0 Å². The summed E-state index contributed by atoms with van der Waals surface area (Å²) in [7, 11) is 0. The molecule has 0 bridgehead atoms. The van der Waals surface area contributed by atoms with E-state index >= 15 is 0 Å². The van der Waals surface area contributed by atoms with Crippen molar-refractivity contribution in [2.24, 2.45) is 0 Å². The molecule has 3 heteroatoms. The third kappa shape index (κ3) is 2.98. The quantitative estimate of drug-likeness (QED) is 0.937. The average Bonchev–Trinajstić information content (AvgIpc) is 2.34. The third-order valence-electron chi connectivity index (χ3n) is 3.15. The molecule has 94 valence electrons. The van der Waals surface area contributed by atoms with Gasteiger partial charge in [0.05, 0.1) is 6.10 Å². The molecule has 1 heterocycles. The number of aromatic nitrogens is 1. The molecule has 2 aromatic rings. The van der Waals surface area contributed by atoms with E-state index < -0.39 is 6.10 Å². The number of aliphatic hydroxyl groups is 1. The van der Waals surface area contributed by atoms with Crippen molar-refractivity contribution < 1.29 is 5.11 Å². The fourth-order valence-electron chi connectivity index (χ4n) is 2.09. The molecular formula is C15H16BrNO. The molecule has 0 aliphatic carbocycles. The molecule has 0 saturated carbocycles. The van der Waals surface area contributed by atoms with Crippen molar-refractivity contribution in [3.05, 3.63) is 63.4 Å². The maximum atomic E-state index is 10.3. The van der Waals surface area contributed by atoms with Gasteiger partial charge in [-0.05, 0) is 52.5 Å². The molecular weight excluding hydrogens is 290 g/mol. The number of rotatable bonds is 3. The molecule has 1 atom stereocenters. The van der Waals surface area contributed by atoms with E-state index in [1.165, 1.54) is 16.7 Å². The Balaban J connectivity index is 2.24. The van der Waals surface area contributed by atoms with Gasteiger partial charge in [0.15, 0.2) is 0 Å². The van der Waals surface area contributed by atoms with Crippen LogP contribution in [0.5, 0.6) is 0 Å². The molecule has 2 rings (SSSR count). The molecule has 0 fully saturated rings. The zero-order valence-electron chi connectivity index (χ0n) is 10.5. The minimum absolute atomic E-state index is 0.519. The van der Waals surface area contributed by atoms with Gasteiger partial charge in [0.2, 0.25) is 0 Å². The van der Waals surface area contributed by atoms with E-state index in [0.29, 0.717) is 6.42 Å². The second kappa shape index (κ2) is 5.63. The fraction of sp³-hybridized carbons (Fsp3) is 0.267. The van der Waals surface area contributed by atoms with Crippen molar-refractivity contribution in [3.63, 3.8) is 0 Å². The lowest BCUT2D eigenvalue weighted by Gasteiger charge is -2.15. The highest BCUT2D eigenvalue weighted by molar-refractivity contribution is 9.10. The topological polar surface area (TPSA) is 33.1 Å². The van der Waals surface area contributed by atoms with Gasteiger partial charge >= 0.3 is 0 Å². The Morgan fingerprint density at radius 2 is 1.89 bits per heavy atom. The molecule has 0 spiro atoms. The fourth-order valence-corrected chi connectivity index (χ4v) is 2.48. The Hall–Kier alpha value is -1.19. The molecule has 1 aromatic carbocycles. The van der Waals surface area contributed by atoms with E-state index in [-0.39, 0.29) is 0 Å². The first-order chi connectivity index (χ1) is 8.58. The summed E-state index contributed by atoms with van der Waals surface area (Å²) in [6.07, 6.45) is 3.53. The summed E-state index contributed by atoms with van der Waals surface area (Å²) < 4.78 is 0.889. The van der Waals surface area contributed by atoms with Crippen molar-refractivity contribution >= 4 is 15.9 Å². The van der Waals surface area contributed by atoms with Crippen molar-refractivity contribution in [2.75, 3.05) is 0 Å². The van der Waals surface area contributed by atoms with Crippen LogP contribution in [0.1, 0.15) is 28.4 Å². The molecule has 0 radical (unpaired) electrons. The molecule has 1 aromatic heterocycles. The van der Waals surface area contributed by atoms with Crippen LogP contribution in [-0.2, 0) is 6.42 Å². The van der Waals surface area contributed by atoms with E-state index in [1.807, 2.05) is 12.1 Å². The Labute approximate surface area is 116 Å². The molecule has 1 N–H and O–H groups in total. The SMILES string of the molecule is Cc1cccc(C)c1CC(O)c1cncc(Br)c1. The maximum absolute atomic E-state index is 10.3. The number of aryl methyl sites for hydroxylation is 2. The van der Waals surface area contributed by atoms with Crippen LogP contribution < -0.4 is 0 Å². The van der Waals surface area contributed by atoms with Gasteiger partial charge in [-0.25, -0.2) is 0 Å². The minimum atomic E-state index is -0.519. The number of benzene rings is 1. The van der Waals surface area contributed by atoms with Crippen molar-refractivity contribution in [1.82, 2.24) is 4.98 Å². The first kappa shape index (κ1) is 13.2. The molecule has 0 saturated heterocycles. The van der Waals surface area contributed by atoms with Crippen LogP contribution in [0.3, 0.4) is 0 Å². The van der Waals surface area contributed by atoms with E-state index in [1.54, 1.807) is 12.4 Å². The van der Waals surface area contributed by atoms with Gasteiger partial charge in [0.1, 0.15) is 0 Å². The van der Waals surface area contributed by atoms with Gasteiger partial charge in [-0.1, -0.05) is 18.2 Å². The molecule has 0 amide bonds. The Morgan fingerprint density at radius 3 is 2.50 bits per heavy atom. The summed E-state index contributed by atoms with van der Waals surface area (Å²) in [5.74, 6) is 0. The molecule has 18 heavy (non-hydrogen) atoms. The Bertz CT molecular complexity index is 534. The van der Waals surface area contributed by atoms with Crippen LogP contribution in [0.4, 0.5) is 0 Å². The number of hydrogen-bond donors (Lipinski definition) is 1. The average molecular weight is 306 g/mol. The number of halogens is 1. The second-order valence-corrected chi connectivity index (χ2v) is 5.44. The van der Waals surface area contributed by atoms with E-state index in [4.69, 9.17) is 0 Å². The summed E-state index contributed by atoms with van der Waals surface area (Å²) in [6.45, 7) is 4.16. The highest BCUT2D eigenvalue weighted by Crippen LogP contribution is 2.23. The van der Waals surface area contributed by atoms with Gasteiger partial charge in [0, 0.05) is 28.9 Å². The molecule has 0 aliphatic rings. The molecule has 0 aliphatic heterocycles. The lowest BCUT2D eigenvalue weighted by molar-refractivity contribution is 0.177. The largest absolute Gasteiger partial charge is 0.388 e. The lowest BCUT2D eigenvalue weighted by Crippen LogP contribution is -2.05. The summed E-state index contributed by atoms with van der Waals surface area (Å²) in [5.41, 5.74) is 4.49. The summed E-state index contributed by atoms with van der Waals surface area (Å²) in [5, 5.41) is 10.3. The van der Waals surface area contributed by atoms with Gasteiger partial charge < -0.3 is 5.11 Å². The summed E-state index contributed by atoms with van der Waals surface area (Å²) in [4.78, 5) is 4.08. The highest BCUT2D eigenvalue weighted by Gasteiger charge is 2.12. The van der Waals surface area contributed by atoms with Crippen LogP contribution in [0.15, 0.2) is 41.1 Å². The van der Waals surface area contributed by atoms with Gasteiger partial charge in [-0.2, -0.15) is 0 Å². The van der Waals surface area contributed by atoms with E-state index in [2.05, 4.69) is 46.9 Å². The van der Waals surface area contributed by atoms with Crippen molar-refractivity contribution in [2.45, 2.75) is 26.4 Å². The van der Waals surface area contributed by atoms with Crippen molar-refractivity contribution in [3.8, 4) is 0 Å². The Kier molecular flexibility index (Phi) is 4.15. The van der Waals surface area contributed by atoms with Gasteiger partial charge in [-0.15, -0.1) is 0 Å². The standard InChI is InChI=1S/C15H16BrNO/c1-10-4-3-5-11(2)14(10)7-15(18)12-6-13(16)9-17-8-12/h3-6,8-9,15,18H,7H2,1-2H3. The van der Waals surface area contributed by atoms with Crippen LogP contribution in [0.2, 0.25) is 0 Å². The van der Waals surface area contributed by atoms with E-state index in [9.17, 15) is 5.11 Å². The normalized spacial score (nSPS) is 12.4. The third-order valence-corrected chi connectivity index (χ3v) is 3.59. The first-order valence-electron chi connectivity index (χ1n) is 5.91. The molecule has 1 unspecified atom stereocenters. The highest BCUT2D eigenvalue weighted by atomic mass is 79.9. The van der Waals surface area contributed by atoms with Crippen LogP contribution in [0.25, 0.3) is 0 Å². The minimum Gasteiger partial charge on any atom is -0.388 e. The number of pyridine rings is 1. The summed E-state index contributed by atoms with van der Waals surface area (Å²) >= 11 is 3.37. The predicted octanol–water partition coefficient (Wildman–Crippen LogP) is 3.74. The molecule has 2 nitrogen and oxygen atoms in total. The van der Waals surface area contributed by atoms with Gasteiger partial charge in [-0.3, -0.25) is 4.98 Å². The van der Waals surface area contributed by atoms with Crippen LogP contribution in [0, 0.1) is 13.8 Å². The predicted molar refractivity (Wildman–Crippen MR) is 76.5 cm³/mol. The lowest BCUT2D eigenvalue weighted by atomic mass is 9.95. The Morgan fingerprint density at radius 1 is 1.22 bits per heavy atom. The van der Waals surface area contributed by atoms with Gasteiger partial charge in [0.25, 0.3) is 0 Å².